The third-order valence-corrected chi connectivity index (χ3v) is 4.57. The average molecular weight is 355 g/mol. The van der Waals surface area contributed by atoms with Crippen molar-refractivity contribution in [3.05, 3.63) is 58.7 Å². The van der Waals surface area contributed by atoms with Crippen LogP contribution >= 0.6 is 0 Å². The van der Waals surface area contributed by atoms with Crippen molar-refractivity contribution in [2.75, 3.05) is 13.2 Å². The van der Waals surface area contributed by atoms with Crippen LogP contribution < -0.4 is 14.8 Å². The summed E-state index contributed by atoms with van der Waals surface area (Å²) in [6, 6.07) is 11.9. The zero-order valence-electron chi connectivity index (χ0n) is 16.4. The van der Waals surface area contributed by atoms with Crippen LogP contribution in [-0.2, 0) is 4.79 Å². The van der Waals surface area contributed by atoms with Crippen molar-refractivity contribution in [1.82, 2.24) is 5.32 Å². The molecular formula is C22H29NO3. The van der Waals surface area contributed by atoms with E-state index in [0.29, 0.717) is 19.6 Å². The molecule has 0 saturated carbocycles. The molecule has 0 aromatic heterocycles. The van der Waals surface area contributed by atoms with Crippen molar-refractivity contribution in [2.24, 2.45) is 0 Å². The lowest BCUT2D eigenvalue weighted by Crippen LogP contribution is -2.39. The maximum atomic E-state index is 12.3. The van der Waals surface area contributed by atoms with Crippen LogP contribution in [0.15, 0.2) is 36.4 Å². The Labute approximate surface area is 156 Å². The first kappa shape index (κ1) is 19.8. The quantitative estimate of drug-likeness (QED) is 0.719. The van der Waals surface area contributed by atoms with Gasteiger partial charge >= 0.3 is 0 Å². The molecule has 0 unspecified atom stereocenters. The lowest BCUT2D eigenvalue weighted by atomic mass is 10.1. The van der Waals surface area contributed by atoms with Gasteiger partial charge in [0.25, 0.3) is 5.91 Å². The summed E-state index contributed by atoms with van der Waals surface area (Å²) in [5.41, 5.74) is 4.79. The summed E-state index contributed by atoms with van der Waals surface area (Å²) in [5, 5.41) is 2.89. The fourth-order valence-corrected chi connectivity index (χ4v) is 2.53. The van der Waals surface area contributed by atoms with Gasteiger partial charge in [-0.1, -0.05) is 19.1 Å². The van der Waals surface area contributed by atoms with Crippen LogP contribution in [-0.4, -0.2) is 25.2 Å². The lowest BCUT2D eigenvalue weighted by Gasteiger charge is -2.18. The van der Waals surface area contributed by atoms with Gasteiger partial charge in [-0.25, -0.2) is 0 Å². The molecule has 0 aliphatic heterocycles. The van der Waals surface area contributed by atoms with Crippen LogP contribution in [0.5, 0.6) is 11.5 Å². The third kappa shape index (κ3) is 5.51. The van der Waals surface area contributed by atoms with Crippen LogP contribution in [0, 0.1) is 27.7 Å². The van der Waals surface area contributed by atoms with E-state index in [-0.39, 0.29) is 5.91 Å². The molecule has 0 fully saturated rings. The van der Waals surface area contributed by atoms with Crippen LogP contribution in [0.25, 0.3) is 0 Å². The van der Waals surface area contributed by atoms with Crippen molar-refractivity contribution < 1.29 is 14.3 Å². The van der Waals surface area contributed by atoms with Crippen molar-refractivity contribution >= 4 is 5.91 Å². The second kappa shape index (κ2) is 9.27. The molecule has 26 heavy (non-hydrogen) atoms. The standard InChI is InChI=1S/C22H29NO3/c1-6-21(26-20-10-8-16(3)18(5)14-20)22(24)23-11-12-25-19-9-7-15(2)17(4)13-19/h7-10,13-14,21H,6,11-12H2,1-5H3,(H,23,24)/t21-/m0/s1. The first-order valence-corrected chi connectivity index (χ1v) is 9.12. The highest BCUT2D eigenvalue weighted by Gasteiger charge is 2.18. The zero-order valence-corrected chi connectivity index (χ0v) is 16.4. The fourth-order valence-electron chi connectivity index (χ4n) is 2.53. The molecule has 0 radical (unpaired) electrons. The van der Waals surface area contributed by atoms with Gasteiger partial charge in [-0.05, 0) is 80.6 Å². The van der Waals surface area contributed by atoms with Crippen molar-refractivity contribution in [1.29, 1.82) is 0 Å². The van der Waals surface area contributed by atoms with E-state index in [0.717, 1.165) is 17.1 Å². The maximum Gasteiger partial charge on any atom is 0.261 e. The Kier molecular flexibility index (Phi) is 7.07. The van der Waals surface area contributed by atoms with Gasteiger partial charge in [0, 0.05) is 0 Å². The normalized spacial score (nSPS) is 11.7. The second-order valence-electron chi connectivity index (χ2n) is 6.65. The highest BCUT2D eigenvalue weighted by Crippen LogP contribution is 2.19. The number of carbonyl (C=O) groups is 1. The molecule has 2 rings (SSSR count). The lowest BCUT2D eigenvalue weighted by molar-refractivity contribution is -0.128. The molecule has 140 valence electrons. The number of hydrogen-bond acceptors (Lipinski definition) is 3. The molecule has 1 N–H and O–H groups in total. The van der Waals surface area contributed by atoms with Crippen LogP contribution in [0.2, 0.25) is 0 Å². The summed E-state index contributed by atoms with van der Waals surface area (Å²) in [5.74, 6) is 1.43. The largest absolute Gasteiger partial charge is 0.492 e. The predicted molar refractivity (Wildman–Crippen MR) is 105 cm³/mol. The van der Waals surface area contributed by atoms with Gasteiger partial charge in [0.15, 0.2) is 6.10 Å². The first-order valence-electron chi connectivity index (χ1n) is 9.12. The molecule has 2 aromatic rings. The molecule has 0 heterocycles. The number of amides is 1. The Balaban J connectivity index is 1.81. The van der Waals surface area contributed by atoms with E-state index in [1.807, 2.05) is 50.2 Å². The number of rotatable bonds is 8. The summed E-state index contributed by atoms with van der Waals surface area (Å²) in [6.07, 6.45) is 0.107. The Morgan fingerprint density at radius 2 is 1.50 bits per heavy atom. The Bertz CT molecular complexity index is 755. The van der Waals surface area contributed by atoms with Gasteiger partial charge < -0.3 is 14.8 Å². The van der Waals surface area contributed by atoms with Gasteiger partial charge in [0.1, 0.15) is 18.1 Å². The first-order chi connectivity index (χ1) is 12.4. The van der Waals surface area contributed by atoms with Gasteiger partial charge in [-0.15, -0.1) is 0 Å². The molecule has 0 spiro atoms. The molecular weight excluding hydrogens is 326 g/mol. The smallest absolute Gasteiger partial charge is 0.261 e. The minimum atomic E-state index is -0.501. The number of carbonyl (C=O) groups excluding carboxylic acids is 1. The van der Waals surface area contributed by atoms with E-state index in [9.17, 15) is 4.79 Å². The molecule has 0 bridgehead atoms. The minimum absolute atomic E-state index is 0.116. The summed E-state index contributed by atoms with van der Waals surface area (Å²) in [4.78, 5) is 12.3. The van der Waals surface area contributed by atoms with Crippen LogP contribution in [0.3, 0.4) is 0 Å². The minimum Gasteiger partial charge on any atom is -0.492 e. The van der Waals surface area contributed by atoms with Gasteiger partial charge in [0.05, 0.1) is 6.54 Å². The van der Waals surface area contributed by atoms with Crippen LogP contribution in [0.4, 0.5) is 0 Å². The molecule has 1 amide bonds. The zero-order chi connectivity index (χ0) is 19.1. The number of aryl methyl sites for hydroxylation is 4. The summed E-state index contributed by atoms with van der Waals surface area (Å²) in [6.45, 7) is 11.0. The van der Waals surface area contributed by atoms with Crippen molar-refractivity contribution in [3.63, 3.8) is 0 Å². The number of ether oxygens (including phenoxy) is 2. The molecule has 0 saturated heterocycles. The maximum absolute atomic E-state index is 12.3. The monoisotopic (exact) mass is 355 g/mol. The molecule has 4 heteroatoms. The van der Waals surface area contributed by atoms with E-state index in [1.165, 1.54) is 16.7 Å². The number of nitrogens with one attached hydrogen (secondary N) is 1. The third-order valence-electron chi connectivity index (χ3n) is 4.57. The second-order valence-corrected chi connectivity index (χ2v) is 6.65. The summed E-state index contributed by atoms with van der Waals surface area (Å²) >= 11 is 0. The van der Waals surface area contributed by atoms with E-state index >= 15 is 0 Å². The Morgan fingerprint density at radius 3 is 2.08 bits per heavy atom. The highest BCUT2D eigenvalue weighted by molar-refractivity contribution is 5.81. The number of hydrogen-bond donors (Lipinski definition) is 1. The average Bonchev–Trinajstić information content (AvgIpc) is 2.62. The van der Waals surface area contributed by atoms with Crippen molar-refractivity contribution in [2.45, 2.75) is 47.1 Å². The Morgan fingerprint density at radius 1 is 0.923 bits per heavy atom. The van der Waals surface area contributed by atoms with E-state index < -0.39 is 6.10 Å². The SMILES string of the molecule is CC[C@H](Oc1ccc(C)c(C)c1)C(=O)NCCOc1ccc(C)c(C)c1. The molecule has 1 atom stereocenters. The van der Waals surface area contributed by atoms with Gasteiger partial charge in [-0.3, -0.25) is 4.79 Å². The van der Waals surface area contributed by atoms with E-state index in [2.05, 4.69) is 26.1 Å². The highest BCUT2D eigenvalue weighted by atomic mass is 16.5. The van der Waals surface area contributed by atoms with Gasteiger partial charge in [0.2, 0.25) is 0 Å². The van der Waals surface area contributed by atoms with Gasteiger partial charge in [-0.2, -0.15) is 0 Å². The topological polar surface area (TPSA) is 47.6 Å². The fraction of sp³-hybridized carbons (Fsp3) is 0.409. The van der Waals surface area contributed by atoms with E-state index in [4.69, 9.17) is 9.47 Å². The van der Waals surface area contributed by atoms with Crippen molar-refractivity contribution in [3.8, 4) is 11.5 Å². The predicted octanol–water partition coefficient (Wildman–Crippen LogP) is 4.27. The molecule has 0 aliphatic carbocycles. The van der Waals surface area contributed by atoms with Crippen LogP contribution in [0.1, 0.15) is 35.6 Å². The molecule has 0 aliphatic rings. The Hall–Kier alpha value is -2.49. The number of benzene rings is 2. The summed E-state index contributed by atoms with van der Waals surface area (Å²) < 4.78 is 11.5. The van der Waals surface area contributed by atoms with E-state index in [1.54, 1.807) is 0 Å². The molecule has 4 nitrogen and oxygen atoms in total. The molecule has 2 aromatic carbocycles. The summed E-state index contributed by atoms with van der Waals surface area (Å²) in [7, 11) is 0.